The minimum atomic E-state index is -0.592. The quantitative estimate of drug-likeness (QED) is 0.642. The van der Waals surface area contributed by atoms with Crippen LogP contribution in [-0.2, 0) is 4.74 Å². The average molecular weight is 238 g/mol. The molecule has 1 aromatic rings. The summed E-state index contributed by atoms with van der Waals surface area (Å²) in [7, 11) is 1.60. The number of anilines is 1. The van der Waals surface area contributed by atoms with Gasteiger partial charge in [-0.15, -0.1) is 0 Å². The summed E-state index contributed by atoms with van der Waals surface area (Å²) in [5.41, 5.74) is 0.679. The molecular weight excluding hydrogens is 228 g/mol. The van der Waals surface area contributed by atoms with E-state index in [0.29, 0.717) is 18.8 Å². The van der Waals surface area contributed by atoms with Crippen molar-refractivity contribution in [3.63, 3.8) is 0 Å². The van der Waals surface area contributed by atoms with Crippen LogP contribution in [0.25, 0.3) is 0 Å². The van der Waals surface area contributed by atoms with Gasteiger partial charge in [0.2, 0.25) is 0 Å². The maximum absolute atomic E-state index is 13.0. The fourth-order valence-corrected chi connectivity index (χ4v) is 1.44. The molecule has 0 spiro atoms. The van der Waals surface area contributed by atoms with Crippen molar-refractivity contribution >= 4 is 28.9 Å². The first-order chi connectivity index (χ1) is 6.65. The molecule has 14 heavy (non-hydrogen) atoms. The van der Waals surface area contributed by atoms with E-state index in [9.17, 15) is 4.39 Å². The Balaban J connectivity index is 2.69. The molecule has 0 heterocycles. The van der Waals surface area contributed by atoms with Gasteiger partial charge >= 0.3 is 0 Å². The van der Waals surface area contributed by atoms with Crippen molar-refractivity contribution in [2.45, 2.75) is 0 Å². The lowest BCUT2D eigenvalue weighted by Gasteiger charge is -2.07. The van der Waals surface area contributed by atoms with Gasteiger partial charge < -0.3 is 10.1 Å². The molecule has 0 amide bonds. The third-order valence-electron chi connectivity index (χ3n) is 1.62. The first kappa shape index (κ1) is 11.6. The molecule has 1 aromatic carbocycles. The molecule has 0 aliphatic carbocycles. The van der Waals surface area contributed by atoms with Crippen molar-refractivity contribution in [2.75, 3.05) is 25.6 Å². The standard InChI is InChI=1S/C9H10Cl2FNO/c1-14-3-2-13-6-4-7(10)9(12)8(11)5-6/h4-5,13H,2-3H2,1H3. The molecule has 78 valence electrons. The summed E-state index contributed by atoms with van der Waals surface area (Å²) in [6.45, 7) is 1.18. The third-order valence-corrected chi connectivity index (χ3v) is 2.17. The van der Waals surface area contributed by atoms with Crippen molar-refractivity contribution in [1.29, 1.82) is 0 Å². The van der Waals surface area contributed by atoms with E-state index in [-0.39, 0.29) is 10.0 Å². The summed E-state index contributed by atoms with van der Waals surface area (Å²) in [5, 5.41) is 3.02. The molecule has 0 aliphatic heterocycles. The number of halogens is 3. The van der Waals surface area contributed by atoms with Gasteiger partial charge in [-0.3, -0.25) is 0 Å². The predicted octanol–water partition coefficient (Wildman–Crippen LogP) is 3.19. The summed E-state index contributed by atoms with van der Waals surface area (Å²) in [4.78, 5) is 0. The number of methoxy groups -OCH3 is 1. The van der Waals surface area contributed by atoms with Crippen molar-refractivity contribution < 1.29 is 9.13 Å². The largest absolute Gasteiger partial charge is 0.383 e. The molecule has 0 aliphatic rings. The molecule has 1 rings (SSSR count). The zero-order chi connectivity index (χ0) is 10.6. The highest BCUT2D eigenvalue weighted by molar-refractivity contribution is 6.35. The monoisotopic (exact) mass is 237 g/mol. The van der Waals surface area contributed by atoms with E-state index in [2.05, 4.69) is 5.32 Å². The Hall–Kier alpha value is -0.510. The Morgan fingerprint density at radius 1 is 1.36 bits per heavy atom. The number of hydrogen-bond acceptors (Lipinski definition) is 2. The van der Waals surface area contributed by atoms with Crippen molar-refractivity contribution in [2.24, 2.45) is 0 Å². The van der Waals surface area contributed by atoms with Gasteiger partial charge in [0.25, 0.3) is 0 Å². The molecule has 0 radical (unpaired) electrons. The second-order valence-electron chi connectivity index (χ2n) is 2.67. The molecule has 2 nitrogen and oxygen atoms in total. The van der Waals surface area contributed by atoms with E-state index in [1.54, 1.807) is 7.11 Å². The zero-order valence-electron chi connectivity index (χ0n) is 7.61. The Morgan fingerprint density at radius 3 is 2.43 bits per heavy atom. The van der Waals surface area contributed by atoms with Crippen LogP contribution in [0.15, 0.2) is 12.1 Å². The lowest BCUT2D eigenvalue weighted by Crippen LogP contribution is -2.07. The van der Waals surface area contributed by atoms with E-state index >= 15 is 0 Å². The zero-order valence-corrected chi connectivity index (χ0v) is 9.12. The first-order valence-corrected chi connectivity index (χ1v) is 4.78. The molecule has 0 fully saturated rings. The minimum absolute atomic E-state index is 0.0115. The Labute approximate surface area is 92.0 Å². The molecule has 0 saturated heterocycles. The van der Waals surface area contributed by atoms with Crippen LogP contribution in [0.4, 0.5) is 10.1 Å². The summed E-state index contributed by atoms with van der Waals surface area (Å²) in [5.74, 6) is -0.592. The number of rotatable bonds is 4. The van der Waals surface area contributed by atoms with Crippen LogP contribution in [0.1, 0.15) is 0 Å². The summed E-state index contributed by atoms with van der Waals surface area (Å²) in [6.07, 6.45) is 0. The minimum Gasteiger partial charge on any atom is -0.383 e. The lowest BCUT2D eigenvalue weighted by atomic mass is 10.3. The van der Waals surface area contributed by atoms with Crippen molar-refractivity contribution in [3.05, 3.63) is 28.0 Å². The first-order valence-electron chi connectivity index (χ1n) is 4.02. The summed E-state index contributed by atoms with van der Waals surface area (Å²) >= 11 is 11.2. The summed E-state index contributed by atoms with van der Waals surface area (Å²) in [6, 6.07) is 2.97. The van der Waals surface area contributed by atoms with E-state index in [4.69, 9.17) is 27.9 Å². The smallest absolute Gasteiger partial charge is 0.160 e. The van der Waals surface area contributed by atoms with Crippen LogP contribution < -0.4 is 5.32 Å². The molecule has 0 saturated carbocycles. The molecular formula is C9H10Cl2FNO. The van der Waals surface area contributed by atoms with Crippen LogP contribution in [-0.4, -0.2) is 20.3 Å². The van der Waals surface area contributed by atoms with E-state index < -0.39 is 5.82 Å². The highest BCUT2D eigenvalue weighted by Crippen LogP contribution is 2.27. The Bertz CT molecular complexity index is 297. The van der Waals surface area contributed by atoms with Gasteiger partial charge in [-0.1, -0.05) is 23.2 Å². The second kappa shape index (κ2) is 5.39. The van der Waals surface area contributed by atoms with Gasteiger partial charge in [0, 0.05) is 19.3 Å². The van der Waals surface area contributed by atoms with Gasteiger partial charge in [-0.25, -0.2) is 4.39 Å². The lowest BCUT2D eigenvalue weighted by molar-refractivity contribution is 0.211. The molecule has 5 heteroatoms. The highest BCUT2D eigenvalue weighted by atomic mass is 35.5. The fraction of sp³-hybridized carbons (Fsp3) is 0.333. The molecule has 0 atom stereocenters. The second-order valence-corrected chi connectivity index (χ2v) is 3.49. The predicted molar refractivity (Wildman–Crippen MR) is 56.8 cm³/mol. The van der Waals surface area contributed by atoms with Crippen molar-refractivity contribution in [3.8, 4) is 0 Å². The van der Waals surface area contributed by atoms with Crippen molar-refractivity contribution in [1.82, 2.24) is 0 Å². The molecule has 0 aromatic heterocycles. The van der Waals surface area contributed by atoms with Gasteiger partial charge in [0.1, 0.15) is 0 Å². The van der Waals surface area contributed by atoms with E-state index in [1.807, 2.05) is 0 Å². The fourth-order valence-electron chi connectivity index (χ4n) is 0.955. The number of benzene rings is 1. The van der Waals surface area contributed by atoms with Crippen LogP contribution in [0.5, 0.6) is 0 Å². The summed E-state index contributed by atoms with van der Waals surface area (Å²) < 4.78 is 17.8. The van der Waals surface area contributed by atoms with Gasteiger partial charge in [0.15, 0.2) is 5.82 Å². The maximum Gasteiger partial charge on any atom is 0.160 e. The Morgan fingerprint density at radius 2 is 1.93 bits per heavy atom. The number of hydrogen-bond donors (Lipinski definition) is 1. The molecule has 1 N–H and O–H groups in total. The Kier molecular flexibility index (Phi) is 4.45. The normalized spacial score (nSPS) is 10.3. The van der Waals surface area contributed by atoms with E-state index in [1.165, 1.54) is 12.1 Å². The van der Waals surface area contributed by atoms with Crippen LogP contribution in [0.3, 0.4) is 0 Å². The molecule has 0 bridgehead atoms. The number of ether oxygens (including phenoxy) is 1. The molecule has 0 unspecified atom stereocenters. The van der Waals surface area contributed by atoms with Gasteiger partial charge in [-0.05, 0) is 12.1 Å². The van der Waals surface area contributed by atoms with Crippen LogP contribution in [0.2, 0.25) is 10.0 Å². The van der Waals surface area contributed by atoms with Crippen LogP contribution in [0, 0.1) is 5.82 Å². The average Bonchev–Trinajstić information content (AvgIpc) is 2.14. The topological polar surface area (TPSA) is 21.3 Å². The third kappa shape index (κ3) is 3.01. The van der Waals surface area contributed by atoms with Gasteiger partial charge in [-0.2, -0.15) is 0 Å². The SMILES string of the molecule is COCCNc1cc(Cl)c(F)c(Cl)c1. The van der Waals surface area contributed by atoms with Crippen LogP contribution >= 0.6 is 23.2 Å². The van der Waals surface area contributed by atoms with E-state index in [0.717, 1.165) is 0 Å². The number of nitrogens with one attached hydrogen (secondary N) is 1. The highest BCUT2D eigenvalue weighted by Gasteiger charge is 2.06. The maximum atomic E-state index is 13.0. The van der Waals surface area contributed by atoms with Gasteiger partial charge in [0.05, 0.1) is 16.7 Å².